The van der Waals surface area contributed by atoms with E-state index in [-0.39, 0.29) is 11.1 Å². The summed E-state index contributed by atoms with van der Waals surface area (Å²) in [5.41, 5.74) is 1.42. The van der Waals surface area contributed by atoms with Crippen molar-refractivity contribution in [3.05, 3.63) is 0 Å². The maximum atomic E-state index is 3.05. The SMILES string of the molecule is CC1CCC2SC3CCC4CC(C)C([Si](C)(C)N(C(C)(C)C)C(C)(C)C)C4C3C2C1C. The van der Waals surface area contributed by atoms with Crippen LogP contribution in [0.15, 0.2) is 0 Å². The predicted octanol–water partition coefficient (Wildman–Crippen LogP) is 8.31. The van der Waals surface area contributed by atoms with Crippen molar-refractivity contribution in [2.24, 2.45) is 41.4 Å². The first-order chi connectivity index (χ1) is 14.2. The van der Waals surface area contributed by atoms with Gasteiger partial charge >= 0.3 is 0 Å². The molecule has 0 aromatic carbocycles. The Morgan fingerprint density at radius 3 is 1.84 bits per heavy atom. The molecule has 0 radical (unpaired) electrons. The summed E-state index contributed by atoms with van der Waals surface area (Å²) >= 11 is 2.47. The summed E-state index contributed by atoms with van der Waals surface area (Å²) in [6, 6.07) is 0. The average molecular weight is 464 g/mol. The minimum atomic E-state index is -1.67. The van der Waals surface area contributed by atoms with Crippen molar-refractivity contribution in [1.29, 1.82) is 0 Å². The maximum Gasteiger partial charge on any atom is 0.126 e. The second-order valence-corrected chi connectivity index (χ2v) is 20.7. The number of nitrogens with zero attached hydrogens (tertiary/aromatic N) is 1. The van der Waals surface area contributed by atoms with Gasteiger partial charge in [-0.2, -0.15) is 11.8 Å². The molecule has 3 heteroatoms. The largest absolute Gasteiger partial charge is 0.314 e. The van der Waals surface area contributed by atoms with E-state index in [4.69, 9.17) is 0 Å². The Kier molecular flexibility index (Phi) is 6.39. The van der Waals surface area contributed by atoms with Crippen LogP contribution in [0.25, 0.3) is 0 Å². The van der Waals surface area contributed by atoms with E-state index in [2.05, 4.69) is 91.7 Å². The van der Waals surface area contributed by atoms with Gasteiger partial charge in [-0.3, -0.25) is 0 Å². The van der Waals surface area contributed by atoms with Gasteiger partial charge in [0.15, 0.2) is 0 Å². The molecule has 4 fully saturated rings. The molecule has 1 saturated heterocycles. The van der Waals surface area contributed by atoms with Crippen LogP contribution in [-0.2, 0) is 0 Å². The highest BCUT2D eigenvalue weighted by Crippen LogP contribution is 2.67. The quantitative estimate of drug-likeness (QED) is 0.379. The lowest BCUT2D eigenvalue weighted by molar-refractivity contribution is 0.0610. The van der Waals surface area contributed by atoms with Gasteiger partial charge in [-0.25, -0.2) is 0 Å². The molecule has 1 aliphatic heterocycles. The molecule has 0 bridgehead atoms. The Morgan fingerprint density at radius 1 is 0.710 bits per heavy atom. The Hall–Kier alpha value is 0.527. The summed E-state index contributed by atoms with van der Waals surface area (Å²) in [5.74, 6) is 6.79. The van der Waals surface area contributed by atoms with Crippen LogP contribution >= 0.6 is 11.8 Å². The molecule has 180 valence electrons. The first-order valence-corrected chi connectivity index (χ1v) is 17.6. The number of hydrogen-bond donors (Lipinski definition) is 0. The van der Waals surface area contributed by atoms with Gasteiger partial charge in [-0.1, -0.05) is 33.9 Å². The van der Waals surface area contributed by atoms with Crippen LogP contribution in [0.5, 0.6) is 0 Å². The molecule has 4 rings (SSSR count). The van der Waals surface area contributed by atoms with Crippen molar-refractivity contribution < 1.29 is 0 Å². The molecule has 0 amide bonds. The Bertz CT molecular complexity index is 647. The van der Waals surface area contributed by atoms with Crippen molar-refractivity contribution in [1.82, 2.24) is 4.57 Å². The second kappa shape index (κ2) is 8.04. The molecular formula is C28H53NSSi. The van der Waals surface area contributed by atoms with Crippen LogP contribution < -0.4 is 0 Å². The standard InChI is InChI=1S/C28H53NSSi/c1-17-12-14-21-23(19(17)3)25-22(30-21)15-13-20-16-18(2)26(24(20)25)31(10,11)29(27(4,5)6)28(7,8)9/h17-26H,12-16H2,1-11H3. The van der Waals surface area contributed by atoms with Gasteiger partial charge in [-0.05, 0) is 121 Å². The van der Waals surface area contributed by atoms with E-state index in [0.29, 0.717) is 0 Å². The normalized spacial score (nSPS) is 46.1. The summed E-state index contributed by atoms with van der Waals surface area (Å²) in [7, 11) is -1.67. The van der Waals surface area contributed by atoms with Gasteiger partial charge in [0.2, 0.25) is 0 Å². The highest BCUT2D eigenvalue weighted by molar-refractivity contribution is 8.00. The number of thioether (sulfide) groups is 1. The zero-order valence-electron chi connectivity index (χ0n) is 22.7. The van der Waals surface area contributed by atoms with Crippen molar-refractivity contribution >= 4 is 20.0 Å². The van der Waals surface area contributed by atoms with E-state index in [1.165, 1.54) is 32.1 Å². The van der Waals surface area contributed by atoms with Crippen molar-refractivity contribution in [2.45, 2.75) is 135 Å². The minimum absolute atomic E-state index is 0.236. The summed E-state index contributed by atoms with van der Waals surface area (Å²) in [5, 5.41) is 1.95. The predicted molar refractivity (Wildman–Crippen MR) is 142 cm³/mol. The van der Waals surface area contributed by atoms with E-state index in [9.17, 15) is 0 Å². The molecule has 1 heterocycles. The van der Waals surface area contributed by atoms with E-state index in [1.54, 1.807) is 0 Å². The molecule has 4 aliphatic rings. The Balaban J connectivity index is 1.75. The third kappa shape index (κ3) is 4.03. The molecular weight excluding hydrogens is 410 g/mol. The van der Waals surface area contributed by atoms with Gasteiger partial charge < -0.3 is 4.57 Å². The van der Waals surface area contributed by atoms with Gasteiger partial charge in [0, 0.05) is 21.6 Å². The molecule has 0 N–H and O–H groups in total. The molecule has 0 aromatic rings. The zero-order chi connectivity index (χ0) is 23.1. The summed E-state index contributed by atoms with van der Waals surface area (Å²) in [6.45, 7) is 28.3. The zero-order valence-corrected chi connectivity index (χ0v) is 24.5. The molecule has 3 aliphatic carbocycles. The third-order valence-corrected chi connectivity index (χ3v) is 17.2. The van der Waals surface area contributed by atoms with Crippen molar-refractivity contribution in [3.63, 3.8) is 0 Å². The fraction of sp³-hybridized carbons (Fsp3) is 1.00. The van der Waals surface area contributed by atoms with E-state index in [1.807, 2.05) is 0 Å². The first-order valence-electron chi connectivity index (χ1n) is 13.6. The molecule has 1 nitrogen and oxygen atoms in total. The summed E-state index contributed by atoms with van der Waals surface area (Å²) in [4.78, 5) is 0. The molecule has 10 unspecified atom stereocenters. The lowest BCUT2D eigenvalue weighted by Gasteiger charge is -2.59. The van der Waals surface area contributed by atoms with Gasteiger partial charge in [-0.15, -0.1) is 0 Å². The summed E-state index contributed by atoms with van der Waals surface area (Å²) in [6.07, 6.45) is 7.54. The monoisotopic (exact) mass is 463 g/mol. The number of rotatable bonds is 2. The Morgan fingerprint density at radius 2 is 1.26 bits per heavy atom. The van der Waals surface area contributed by atoms with Gasteiger partial charge in [0.1, 0.15) is 8.24 Å². The molecule has 31 heavy (non-hydrogen) atoms. The molecule has 0 aromatic heterocycles. The van der Waals surface area contributed by atoms with Gasteiger partial charge in [0.05, 0.1) is 0 Å². The Labute approximate surface area is 200 Å². The topological polar surface area (TPSA) is 3.24 Å². The fourth-order valence-corrected chi connectivity index (χ4v) is 19.3. The van der Waals surface area contributed by atoms with Crippen molar-refractivity contribution in [2.75, 3.05) is 0 Å². The molecule has 10 atom stereocenters. The average Bonchev–Trinajstić information content (AvgIpc) is 3.12. The second-order valence-electron chi connectivity index (χ2n) is 14.8. The number of hydrogen-bond acceptors (Lipinski definition) is 2. The molecule has 3 saturated carbocycles. The number of fused-ring (bicyclic) bond motifs is 5. The van der Waals surface area contributed by atoms with E-state index in [0.717, 1.165) is 57.5 Å². The highest BCUT2D eigenvalue weighted by atomic mass is 32.2. The van der Waals surface area contributed by atoms with Crippen LogP contribution in [0.1, 0.15) is 94.4 Å². The van der Waals surface area contributed by atoms with Crippen molar-refractivity contribution in [3.8, 4) is 0 Å². The first kappa shape index (κ1) is 24.6. The van der Waals surface area contributed by atoms with Gasteiger partial charge in [0.25, 0.3) is 0 Å². The molecule has 0 spiro atoms. The lowest BCUT2D eigenvalue weighted by Crippen LogP contribution is -2.68. The summed E-state index contributed by atoms with van der Waals surface area (Å²) < 4.78 is 3.05. The van der Waals surface area contributed by atoms with Crippen LogP contribution in [0, 0.1) is 41.4 Å². The van der Waals surface area contributed by atoms with Crippen LogP contribution in [-0.4, -0.2) is 34.4 Å². The maximum absolute atomic E-state index is 3.05. The smallest absolute Gasteiger partial charge is 0.126 e. The fourth-order valence-electron chi connectivity index (χ4n) is 10.4. The third-order valence-electron chi connectivity index (χ3n) is 10.3. The lowest BCUT2D eigenvalue weighted by atomic mass is 9.60. The van der Waals surface area contributed by atoms with Crippen LogP contribution in [0.4, 0.5) is 0 Å². The van der Waals surface area contributed by atoms with Crippen LogP contribution in [0.3, 0.4) is 0 Å². The highest BCUT2D eigenvalue weighted by Gasteiger charge is 2.63. The minimum Gasteiger partial charge on any atom is -0.314 e. The van der Waals surface area contributed by atoms with E-state index >= 15 is 0 Å². The van der Waals surface area contributed by atoms with E-state index < -0.39 is 8.24 Å². The van der Waals surface area contributed by atoms with Crippen LogP contribution in [0.2, 0.25) is 18.6 Å².